The van der Waals surface area contributed by atoms with E-state index >= 15 is 0 Å². The van der Waals surface area contributed by atoms with E-state index in [1.807, 2.05) is 43.3 Å². The molecule has 6 heteroatoms. The van der Waals surface area contributed by atoms with Crippen molar-refractivity contribution >= 4 is 0 Å². The van der Waals surface area contributed by atoms with Gasteiger partial charge in [-0.05, 0) is 47.0 Å². The number of hydrogen-bond acceptors (Lipinski definition) is 4. The molecule has 0 N–H and O–H groups in total. The Morgan fingerprint density at radius 1 is 1.08 bits per heavy atom. The van der Waals surface area contributed by atoms with E-state index in [-0.39, 0.29) is 5.69 Å². The van der Waals surface area contributed by atoms with Crippen LogP contribution in [-0.2, 0) is 20.1 Å². The average Bonchev–Trinajstić information content (AvgIpc) is 2.94. The van der Waals surface area contributed by atoms with E-state index < -0.39 is 0 Å². The lowest BCUT2D eigenvalue weighted by atomic mass is 10.0. The van der Waals surface area contributed by atoms with Crippen molar-refractivity contribution in [3.05, 3.63) is 69.6 Å². The minimum atomic E-state index is -0.272. The maximum atomic E-state index is 12.3. The molecule has 0 aliphatic heterocycles. The predicted octanol–water partition coefficient (Wildman–Crippen LogP) is 2.81. The van der Waals surface area contributed by atoms with Crippen LogP contribution < -0.4 is 10.4 Å². The van der Waals surface area contributed by atoms with Gasteiger partial charge in [0.15, 0.2) is 0 Å². The monoisotopic (exact) mass is 338 g/mol. The van der Waals surface area contributed by atoms with Crippen molar-refractivity contribution in [3.8, 4) is 11.4 Å². The number of aryl methyl sites for hydroxylation is 3. The predicted molar refractivity (Wildman–Crippen MR) is 96.1 cm³/mol. The molecule has 0 aliphatic carbocycles. The first-order chi connectivity index (χ1) is 12.1. The molecule has 130 valence electrons. The Morgan fingerprint density at radius 3 is 2.56 bits per heavy atom. The summed E-state index contributed by atoms with van der Waals surface area (Å²) in [4.78, 5) is 12.3. The standard InChI is InChI=1S/C19H22N4O2/c1-4-8-15-10-7-11-17(23-19(24)22(3)20-21-23)16(15)13-25-18-12-6-5-9-14(18)2/h5-7,9-12H,4,8,13H2,1-3H3. The van der Waals surface area contributed by atoms with Gasteiger partial charge in [-0.1, -0.05) is 43.7 Å². The second-order valence-corrected chi connectivity index (χ2v) is 6.02. The van der Waals surface area contributed by atoms with Crippen LogP contribution in [0.25, 0.3) is 5.69 Å². The zero-order chi connectivity index (χ0) is 17.8. The molecule has 3 rings (SSSR count). The van der Waals surface area contributed by atoms with E-state index in [2.05, 4.69) is 23.4 Å². The van der Waals surface area contributed by atoms with Gasteiger partial charge < -0.3 is 4.74 Å². The summed E-state index contributed by atoms with van der Waals surface area (Å²) in [6.07, 6.45) is 1.92. The molecule has 1 aromatic heterocycles. The van der Waals surface area contributed by atoms with Gasteiger partial charge in [0.05, 0.1) is 5.69 Å². The summed E-state index contributed by atoms with van der Waals surface area (Å²) in [5.41, 5.74) is 3.65. The average molecular weight is 338 g/mol. The van der Waals surface area contributed by atoms with Crippen molar-refractivity contribution in [1.82, 2.24) is 19.8 Å². The molecular weight excluding hydrogens is 316 g/mol. The van der Waals surface area contributed by atoms with Gasteiger partial charge in [0.25, 0.3) is 0 Å². The highest BCUT2D eigenvalue weighted by Gasteiger charge is 2.15. The third-order valence-corrected chi connectivity index (χ3v) is 4.18. The van der Waals surface area contributed by atoms with Crippen LogP contribution in [0.5, 0.6) is 5.75 Å². The first kappa shape index (κ1) is 17.0. The Morgan fingerprint density at radius 2 is 1.88 bits per heavy atom. The SMILES string of the molecule is CCCc1cccc(-n2nnn(C)c2=O)c1COc1ccccc1C. The van der Waals surface area contributed by atoms with Crippen LogP contribution >= 0.6 is 0 Å². The highest BCUT2D eigenvalue weighted by molar-refractivity contribution is 5.45. The number of para-hydroxylation sites is 1. The molecule has 25 heavy (non-hydrogen) atoms. The van der Waals surface area contributed by atoms with E-state index in [9.17, 15) is 4.79 Å². The second kappa shape index (κ2) is 7.34. The number of rotatable bonds is 6. The van der Waals surface area contributed by atoms with Gasteiger partial charge in [-0.2, -0.15) is 9.36 Å². The van der Waals surface area contributed by atoms with Crippen LogP contribution in [-0.4, -0.2) is 19.8 Å². The molecule has 0 spiro atoms. The fourth-order valence-electron chi connectivity index (χ4n) is 2.82. The minimum absolute atomic E-state index is 0.272. The molecule has 0 aliphatic rings. The summed E-state index contributed by atoms with van der Waals surface area (Å²) in [6, 6.07) is 13.8. The highest BCUT2D eigenvalue weighted by Crippen LogP contribution is 2.23. The number of benzene rings is 2. The van der Waals surface area contributed by atoms with Gasteiger partial charge in [-0.15, -0.1) is 0 Å². The Labute approximate surface area is 146 Å². The Kier molecular flexibility index (Phi) is 4.97. The molecule has 0 saturated heterocycles. The summed E-state index contributed by atoms with van der Waals surface area (Å²) >= 11 is 0. The van der Waals surface area contributed by atoms with Crippen molar-refractivity contribution in [3.63, 3.8) is 0 Å². The van der Waals surface area contributed by atoms with Gasteiger partial charge in [0.1, 0.15) is 12.4 Å². The lowest BCUT2D eigenvalue weighted by Crippen LogP contribution is -2.23. The van der Waals surface area contributed by atoms with Gasteiger partial charge in [-0.3, -0.25) is 0 Å². The lowest BCUT2D eigenvalue weighted by molar-refractivity contribution is 0.302. The van der Waals surface area contributed by atoms with Crippen LogP contribution in [0.15, 0.2) is 47.3 Å². The quantitative estimate of drug-likeness (QED) is 0.693. The zero-order valence-electron chi connectivity index (χ0n) is 14.8. The Bertz CT molecular complexity index is 927. The van der Waals surface area contributed by atoms with Crippen molar-refractivity contribution in [1.29, 1.82) is 0 Å². The maximum absolute atomic E-state index is 12.3. The molecule has 2 aromatic carbocycles. The third kappa shape index (κ3) is 3.47. The molecule has 0 amide bonds. The second-order valence-electron chi connectivity index (χ2n) is 6.02. The van der Waals surface area contributed by atoms with Crippen LogP contribution in [0.1, 0.15) is 30.0 Å². The first-order valence-electron chi connectivity index (χ1n) is 8.40. The molecule has 3 aromatic rings. The van der Waals surface area contributed by atoms with Crippen molar-refractivity contribution in [2.24, 2.45) is 7.05 Å². The Balaban J connectivity index is 2.02. The van der Waals surface area contributed by atoms with Gasteiger partial charge in [0.2, 0.25) is 0 Å². The topological polar surface area (TPSA) is 61.9 Å². The fraction of sp³-hybridized carbons (Fsp3) is 0.316. The normalized spacial score (nSPS) is 10.8. The smallest absolute Gasteiger partial charge is 0.368 e. The molecule has 0 radical (unpaired) electrons. The number of tetrazole rings is 1. The summed E-state index contributed by atoms with van der Waals surface area (Å²) in [5.74, 6) is 0.839. The summed E-state index contributed by atoms with van der Waals surface area (Å²) in [7, 11) is 1.59. The molecule has 0 bridgehead atoms. The van der Waals surface area contributed by atoms with E-state index in [0.29, 0.717) is 6.61 Å². The number of aromatic nitrogens is 4. The molecule has 1 heterocycles. The summed E-state index contributed by atoms with van der Waals surface area (Å²) < 4.78 is 8.60. The molecule has 0 unspecified atom stereocenters. The number of hydrogen-bond donors (Lipinski definition) is 0. The number of nitrogens with zero attached hydrogens (tertiary/aromatic N) is 4. The van der Waals surface area contributed by atoms with E-state index in [0.717, 1.165) is 41.0 Å². The van der Waals surface area contributed by atoms with Gasteiger partial charge >= 0.3 is 5.69 Å². The Hall–Kier alpha value is -2.89. The molecular formula is C19H22N4O2. The lowest BCUT2D eigenvalue weighted by Gasteiger charge is -2.15. The maximum Gasteiger partial charge on any atom is 0.368 e. The molecule has 0 fully saturated rings. The molecule has 0 saturated carbocycles. The van der Waals surface area contributed by atoms with Gasteiger partial charge in [0, 0.05) is 12.6 Å². The van der Waals surface area contributed by atoms with Crippen LogP contribution in [0, 0.1) is 6.92 Å². The van der Waals surface area contributed by atoms with Crippen molar-refractivity contribution in [2.75, 3.05) is 0 Å². The van der Waals surface area contributed by atoms with Crippen molar-refractivity contribution < 1.29 is 4.74 Å². The zero-order valence-corrected chi connectivity index (χ0v) is 14.8. The van der Waals surface area contributed by atoms with Crippen LogP contribution in [0.2, 0.25) is 0 Å². The largest absolute Gasteiger partial charge is 0.489 e. The van der Waals surface area contributed by atoms with Crippen LogP contribution in [0.4, 0.5) is 0 Å². The highest BCUT2D eigenvalue weighted by atomic mass is 16.5. The third-order valence-electron chi connectivity index (χ3n) is 4.18. The molecule has 6 nitrogen and oxygen atoms in total. The van der Waals surface area contributed by atoms with Gasteiger partial charge in [-0.25, -0.2) is 4.79 Å². The summed E-state index contributed by atoms with van der Waals surface area (Å²) in [5, 5.41) is 7.80. The van der Waals surface area contributed by atoms with E-state index in [4.69, 9.17) is 4.74 Å². The fourth-order valence-corrected chi connectivity index (χ4v) is 2.82. The molecule has 0 atom stereocenters. The summed E-state index contributed by atoms with van der Waals surface area (Å²) in [6.45, 7) is 4.52. The first-order valence-corrected chi connectivity index (χ1v) is 8.40. The van der Waals surface area contributed by atoms with Crippen LogP contribution in [0.3, 0.4) is 0 Å². The minimum Gasteiger partial charge on any atom is -0.489 e. The van der Waals surface area contributed by atoms with E-state index in [1.165, 1.54) is 9.36 Å². The van der Waals surface area contributed by atoms with Crippen molar-refractivity contribution in [2.45, 2.75) is 33.3 Å². The van der Waals surface area contributed by atoms with E-state index in [1.54, 1.807) is 7.05 Å². The number of ether oxygens (including phenoxy) is 1.